The number of hydrogen-bond donors (Lipinski definition) is 2. The molecule has 10 heteroatoms. The van der Waals surface area contributed by atoms with Crippen LogP contribution in [0.1, 0.15) is 0 Å². The van der Waals surface area contributed by atoms with Crippen LogP contribution in [-0.4, -0.2) is 25.5 Å². The van der Waals surface area contributed by atoms with Crippen LogP contribution in [0, 0.1) is 11.6 Å². The first kappa shape index (κ1) is 18.7. The largest absolute Gasteiger partial charge is 0.491 e. The molecule has 0 bridgehead atoms. The molecule has 0 aliphatic rings. The normalized spacial score (nSPS) is 11.3. The van der Waals surface area contributed by atoms with Gasteiger partial charge >= 0.3 is 0 Å². The van der Waals surface area contributed by atoms with Gasteiger partial charge in [-0.2, -0.15) is 0 Å². The zero-order chi connectivity index (χ0) is 19.6. The molecule has 0 amide bonds. The number of halogens is 2. The number of methoxy groups -OCH3 is 1. The summed E-state index contributed by atoms with van der Waals surface area (Å²) in [5.41, 5.74) is 1.00. The average molecular weight is 392 g/mol. The highest BCUT2D eigenvalue weighted by atomic mass is 32.2. The van der Waals surface area contributed by atoms with Crippen molar-refractivity contribution in [1.82, 2.24) is 9.97 Å². The number of aromatic nitrogens is 2. The molecule has 3 aromatic rings. The summed E-state index contributed by atoms with van der Waals surface area (Å²) in [7, 11) is -2.61. The van der Waals surface area contributed by atoms with Gasteiger partial charge in [0.05, 0.1) is 17.7 Å². The Morgan fingerprint density at radius 2 is 1.70 bits per heavy atom. The van der Waals surface area contributed by atoms with E-state index in [4.69, 9.17) is 5.14 Å². The molecule has 1 aromatic heterocycles. The summed E-state index contributed by atoms with van der Waals surface area (Å²) in [4.78, 5) is 8.21. The van der Waals surface area contributed by atoms with Crippen LogP contribution in [0.5, 0.6) is 5.75 Å². The minimum Gasteiger partial charge on any atom is -0.491 e. The lowest BCUT2D eigenvalue weighted by molar-refractivity contribution is 0.360. The van der Waals surface area contributed by atoms with Crippen molar-refractivity contribution in [2.75, 3.05) is 12.4 Å². The smallest absolute Gasteiger partial charge is 0.238 e. The molecule has 0 radical (unpaired) electrons. The van der Waals surface area contributed by atoms with Gasteiger partial charge in [-0.1, -0.05) is 0 Å². The second-order valence-corrected chi connectivity index (χ2v) is 6.99. The van der Waals surface area contributed by atoms with Gasteiger partial charge in [-0.15, -0.1) is 0 Å². The standard InChI is InChI=1S/C17H14F2N4O3S/c1-26-16-13(18)8-10(9-14(16)19)15-6-7-21-17(23-15)22-11-2-4-12(5-3-11)27(20,24)25/h2-9H,1H3,(H2,20,24,25)(H,21,22,23). The van der Waals surface area contributed by atoms with Crippen molar-refractivity contribution in [3.8, 4) is 17.0 Å². The Morgan fingerprint density at radius 1 is 1.07 bits per heavy atom. The number of nitrogens with one attached hydrogen (secondary N) is 1. The molecule has 0 aliphatic heterocycles. The minimum atomic E-state index is -3.79. The Morgan fingerprint density at radius 3 is 2.26 bits per heavy atom. The molecule has 0 atom stereocenters. The van der Waals surface area contributed by atoms with E-state index >= 15 is 0 Å². The molecule has 0 spiro atoms. The van der Waals surface area contributed by atoms with Gasteiger partial charge in [0, 0.05) is 17.4 Å². The molecule has 0 aliphatic carbocycles. The van der Waals surface area contributed by atoms with Gasteiger partial charge < -0.3 is 10.1 Å². The van der Waals surface area contributed by atoms with Crippen LogP contribution in [-0.2, 0) is 10.0 Å². The van der Waals surface area contributed by atoms with E-state index in [1.807, 2.05) is 0 Å². The lowest BCUT2D eigenvalue weighted by Gasteiger charge is -2.09. The molecule has 3 N–H and O–H groups in total. The van der Waals surface area contributed by atoms with Crippen LogP contribution in [0.15, 0.2) is 53.6 Å². The monoisotopic (exact) mass is 392 g/mol. The first-order chi connectivity index (χ1) is 12.8. The SMILES string of the molecule is COc1c(F)cc(-c2ccnc(Nc3ccc(S(N)(=O)=O)cc3)n2)cc1F. The number of nitrogens with zero attached hydrogens (tertiary/aromatic N) is 2. The number of rotatable bonds is 5. The highest BCUT2D eigenvalue weighted by molar-refractivity contribution is 7.89. The zero-order valence-electron chi connectivity index (χ0n) is 14.0. The molecular weight excluding hydrogens is 378 g/mol. The molecular formula is C17H14F2N4O3S. The summed E-state index contributed by atoms with van der Waals surface area (Å²) in [5.74, 6) is -2.01. The van der Waals surface area contributed by atoms with Crippen molar-refractivity contribution in [3.63, 3.8) is 0 Å². The highest BCUT2D eigenvalue weighted by Crippen LogP contribution is 2.28. The first-order valence-electron chi connectivity index (χ1n) is 7.54. The summed E-state index contributed by atoms with van der Waals surface area (Å²) < 4.78 is 55.0. The Bertz CT molecular complexity index is 1070. The second kappa shape index (κ2) is 7.25. The number of nitrogens with two attached hydrogens (primary N) is 1. The molecule has 3 rings (SSSR count). The van der Waals surface area contributed by atoms with Crippen LogP contribution in [0.3, 0.4) is 0 Å². The maximum absolute atomic E-state index is 13.9. The molecule has 140 valence electrons. The second-order valence-electron chi connectivity index (χ2n) is 5.43. The van der Waals surface area contributed by atoms with Crippen LogP contribution in [0.4, 0.5) is 20.4 Å². The molecule has 2 aromatic carbocycles. The van der Waals surface area contributed by atoms with E-state index in [2.05, 4.69) is 20.0 Å². The number of hydrogen-bond acceptors (Lipinski definition) is 6. The van der Waals surface area contributed by atoms with Crippen molar-refractivity contribution in [3.05, 3.63) is 60.3 Å². The fourth-order valence-electron chi connectivity index (χ4n) is 2.34. The number of ether oxygens (including phenoxy) is 1. The van der Waals surface area contributed by atoms with Crippen molar-refractivity contribution >= 4 is 21.7 Å². The van der Waals surface area contributed by atoms with Crippen LogP contribution < -0.4 is 15.2 Å². The van der Waals surface area contributed by atoms with Gasteiger partial charge in [0.15, 0.2) is 17.4 Å². The zero-order valence-corrected chi connectivity index (χ0v) is 14.8. The molecule has 1 heterocycles. The number of sulfonamides is 1. The quantitative estimate of drug-likeness (QED) is 0.691. The average Bonchev–Trinajstić information content (AvgIpc) is 2.61. The first-order valence-corrected chi connectivity index (χ1v) is 9.09. The molecule has 7 nitrogen and oxygen atoms in total. The van der Waals surface area contributed by atoms with E-state index in [1.54, 1.807) is 0 Å². The summed E-state index contributed by atoms with van der Waals surface area (Å²) in [6.07, 6.45) is 1.42. The van der Waals surface area contributed by atoms with Crippen LogP contribution >= 0.6 is 0 Å². The molecule has 0 saturated carbocycles. The lowest BCUT2D eigenvalue weighted by Crippen LogP contribution is -2.11. The Balaban J connectivity index is 1.88. The maximum Gasteiger partial charge on any atom is 0.238 e. The topological polar surface area (TPSA) is 107 Å². The third-order valence-electron chi connectivity index (χ3n) is 3.59. The van der Waals surface area contributed by atoms with E-state index in [-0.39, 0.29) is 22.1 Å². The predicted molar refractivity (Wildman–Crippen MR) is 95.0 cm³/mol. The van der Waals surface area contributed by atoms with Crippen molar-refractivity contribution in [1.29, 1.82) is 0 Å². The van der Waals surface area contributed by atoms with Crippen molar-refractivity contribution in [2.45, 2.75) is 4.90 Å². The summed E-state index contributed by atoms with van der Waals surface area (Å²) >= 11 is 0. The third kappa shape index (κ3) is 4.18. The lowest BCUT2D eigenvalue weighted by atomic mass is 10.1. The van der Waals surface area contributed by atoms with Gasteiger partial charge in [0.25, 0.3) is 0 Å². The Kier molecular flexibility index (Phi) is 5.02. The van der Waals surface area contributed by atoms with E-state index in [0.717, 1.165) is 12.1 Å². The third-order valence-corrected chi connectivity index (χ3v) is 4.52. The highest BCUT2D eigenvalue weighted by Gasteiger charge is 2.14. The van der Waals surface area contributed by atoms with E-state index in [1.165, 1.54) is 43.6 Å². The predicted octanol–water partition coefficient (Wildman–Crippen LogP) is 2.82. The summed E-state index contributed by atoms with van der Waals surface area (Å²) in [5, 5.41) is 7.92. The van der Waals surface area contributed by atoms with E-state index in [9.17, 15) is 17.2 Å². The Labute approximate surface area is 153 Å². The van der Waals surface area contributed by atoms with Gasteiger partial charge in [0.1, 0.15) is 0 Å². The number of primary sulfonamides is 1. The van der Waals surface area contributed by atoms with E-state index < -0.39 is 27.4 Å². The van der Waals surface area contributed by atoms with Crippen molar-refractivity contribution < 1.29 is 21.9 Å². The van der Waals surface area contributed by atoms with Gasteiger partial charge in [-0.05, 0) is 42.5 Å². The van der Waals surface area contributed by atoms with E-state index in [0.29, 0.717) is 5.69 Å². The fraction of sp³-hybridized carbons (Fsp3) is 0.0588. The molecule has 0 saturated heterocycles. The number of anilines is 2. The molecule has 0 unspecified atom stereocenters. The summed E-state index contributed by atoms with van der Waals surface area (Å²) in [6.45, 7) is 0. The fourth-order valence-corrected chi connectivity index (χ4v) is 2.85. The number of benzene rings is 2. The Hall–Kier alpha value is -3.11. The van der Waals surface area contributed by atoms with Crippen LogP contribution in [0.2, 0.25) is 0 Å². The van der Waals surface area contributed by atoms with Crippen LogP contribution in [0.25, 0.3) is 11.3 Å². The minimum absolute atomic E-state index is 0.0353. The maximum atomic E-state index is 13.9. The van der Waals surface area contributed by atoms with Gasteiger partial charge in [-0.25, -0.2) is 32.3 Å². The van der Waals surface area contributed by atoms with Gasteiger partial charge in [0.2, 0.25) is 16.0 Å². The molecule has 27 heavy (non-hydrogen) atoms. The molecule has 0 fully saturated rings. The summed E-state index contributed by atoms with van der Waals surface area (Å²) in [6, 6.07) is 9.34. The van der Waals surface area contributed by atoms with Gasteiger partial charge in [-0.3, -0.25) is 0 Å². The van der Waals surface area contributed by atoms with Crippen molar-refractivity contribution in [2.24, 2.45) is 5.14 Å².